The zero-order valence-electron chi connectivity index (χ0n) is 13.7. The van der Waals surface area contributed by atoms with Crippen LogP contribution in [0.4, 0.5) is 4.79 Å². The number of nitrogens with one attached hydrogen (secondary N) is 1. The van der Waals surface area contributed by atoms with E-state index in [2.05, 4.69) is 5.32 Å². The first kappa shape index (κ1) is 17.8. The van der Waals surface area contributed by atoms with E-state index in [-0.39, 0.29) is 31.0 Å². The average molecular weight is 333 g/mol. The number of hydrogen-bond donors (Lipinski definition) is 2. The molecule has 0 radical (unpaired) electrons. The first-order valence-electron chi connectivity index (χ1n) is 8.00. The fourth-order valence-electron chi connectivity index (χ4n) is 2.71. The second kappa shape index (κ2) is 8.33. The summed E-state index contributed by atoms with van der Waals surface area (Å²) in [5, 5.41) is 2.45. The summed E-state index contributed by atoms with van der Waals surface area (Å²) in [6.45, 7) is 2.20. The van der Waals surface area contributed by atoms with Crippen molar-refractivity contribution in [2.45, 2.75) is 32.4 Å². The Kier molecular flexibility index (Phi) is 6.17. The van der Waals surface area contributed by atoms with Gasteiger partial charge in [0.2, 0.25) is 11.8 Å². The zero-order valence-corrected chi connectivity index (χ0v) is 13.7. The molecule has 7 heteroatoms. The normalized spacial score (nSPS) is 20.3. The van der Waals surface area contributed by atoms with Crippen LogP contribution in [-0.4, -0.2) is 41.9 Å². The Bertz CT molecular complexity index is 591. The van der Waals surface area contributed by atoms with Gasteiger partial charge in [0.1, 0.15) is 13.2 Å². The SMILES string of the molecule is C[C@H]1CC[C@H](C(N)=O)CN1C(=O)CNC(=O)OCc1ccccc1. The van der Waals surface area contributed by atoms with E-state index < -0.39 is 12.0 Å². The van der Waals surface area contributed by atoms with Crippen LogP contribution in [0.1, 0.15) is 25.3 Å². The molecule has 1 aliphatic heterocycles. The highest BCUT2D eigenvalue weighted by molar-refractivity contribution is 5.84. The molecule has 3 amide bonds. The number of likely N-dealkylation sites (tertiary alicyclic amines) is 1. The summed E-state index contributed by atoms with van der Waals surface area (Å²) in [5.41, 5.74) is 6.19. The van der Waals surface area contributed by atoms with Gasteiger partial charge in [-0.05, 0) is 25.3 Å². The number of nitrogens with zero attached hydrogens (tertiary/aromatic N) is 1. The lowest BCUT2D eigenvalue weighted by Crippen LogP contribution is -2.51. The molecule has 0 aliphatic carbocycles. The van der Waals surface area contributed by atoms with Crippen LogP contribution in [0.2, 0.25) is 0 Å². The van der Waals surface area contributed by atoms with Crippen molar-refractivity contribution in [1.82, 2.24) is 10.2 Å². The van der Waals surface area contributed by atoms with E-state index in [1.165, 1.54) is 0 Å². The van der Waals surface area contributed by atoms with E-state index in [9.17, 15) is 14.4 Å². The van der Waals surface area contributed by atoms with Crippen molar-refractivity contribution >= 4 is 17.9 Å². The maximum absolute atomic E-state index is 12.3. The molecular formula is C17H23N3O4. The van der Waals surface area contributed by atoms with Crippen LogP contribution < -0.4 is 11.1 Å². The summed E-state index contributed by atoms with van der Waals surface area (Å²) in [5.74, 6) is -0.963. The molecule has 2 atom stereocenters. The van der Waals surface area contributed by atoms with Crippen LogP contribution in [0.5, 0.6) is 0 Å². The Labute approximate surface area is 141 Å². The minimum absolute atomic E-state index is 0.0234. The summed E-state index contributed by atoms with van der Waals surface area (Å²) in [7, 11) is 0. The van der Waals surface area contributed by atoms with E-state index in [0.717, 1.165) is 12.0 Å². The third kappa shape index (κ3) is 4.97. The molecule has 0 unspecified atom stereocenters. The maximum atomic E-state index is 12.3. The van der Waals surface area contributed by atoms with E-state index in [0.29, 0.717) is 13.0 Å². The number of primary amides is 1. The molecule has 1 fully saturated rings. The van der Waals surface area contributed by atoms with Gasteiger partial charge >= 0.3 is 6.09 Å². The van der Waals surface area contributed by atoms with Crippen LogP contribution in [-0.2, 0) is 20.9 Å². The predicted octanol–water partition coefficient (Wildman–Crippen LogP) is 1.03. The number of amides is 3. The summed E-state index contributed by atoms with van der Waals surface area (Å²) >= 11 is 0. The quantitative estimate of drug-likeness (QED) is 0.840. The van der Waals surface area contributed by atoms with Gasteiger partial charge < -0.3 is 20.7 Å². The molecule has 2 rings (SSSR count). The number of benzene rings is 1. The number of carbonyl (C=O) groups is 3. The molecule has 0 bridgehead atoms. The van der Waals surface area contributed by atoms with Crippen LogP contribution in [0.15, 0.2) is 30.3 Å². The molecule has 1 aromatic carbocycles. The van der Waals surface area contributed by atoms with E-state index in [4.69, 9.17) is 10.5 Å². The zero-order chi connectivity index (χ0) is 17.5. The molecule has 130 valence electrons. The summed E-state index contributed by atoms with van der Waals surface area (Å²) in [4.78, 5) is 36.8. The first-order valence-corrected chi connectivity index (χ1v) is 8.00. The van der Waals surface area contributed by atoms with Crippen LogP contribution >= 0.6 is 0 Å². The number of nitrogens with two attached hydrogens (primary N) is 1. The summed E-state index contributed by atoms with van der Waals surface area (Å²) in [6, 6.07) is 9.30. The van der Waals surface area contributed by atoms with Crippen molar-refractivity contribution in [2.24, 2.45) is 11.7 Å². The lowest BCUT2D eigenvalue weighted by atomic mass is 9.93. The molecule has 3 N–H and O–H groups in total. The molecule has 24 heavy (non-hydrogen) atoms. The predicted molar refractivity (Wildman–Crippen MR) is 87.7 cm³/mol. The summed E-state index contributed by atoms with van der Waals surface area (Å²) in [6.07, 6.45) is 0.758. The molecule has 1 aliphatic rings. The second-order valence-electron chi connectivity index (χ2n) is 5.99. The lowest BCUT2D eigenvalue weighted by Gasteiger charge is -2.36. The molecular weight excluding hydrogens is 310 g/mol. The highest BCUT2D eigenvalue weighted by atomic mass is 16.5. The van der Waals surface area contributed by atoms with Crippen molar-refractivity contribution < 1.29 is 19.1 Å². The average Bonchev–Trinajstić information content (AvgIpc) is 2.59. The van der Waals surface area contributed by atoms with Gasteiger partial charge in [0, 0.05) is 12.6 Å². The van der Waals surface area contributed by atoms with Crippen molar-refractivity contribution in [1.29, 1.82) is 0 Å². The Morgan fingerprint density at radius 2 is 1.96 bits per heavy atom. The number of piperidine rings is 1. The molecule has 0 aromatic heterocycles. The van der Waals surface area contributed by atoms with Gasteiger partial charge in [-0.15, -0.1) is 0 Å². The second-order valence-corrected chi connectivity index (χ2v) is 5.99. The van der Waals surface area contributed by atoms with Crippen LogP contribution in [0.3, 0.4) is 0 Å². The largest absolute Gasteiger partial charge is 0.445 e. The van der Waals surface area contributed by atoms with E-state index >= 15 is 0 Å². The smallest absolute Gasteiger partial charge is 0.407 e. The number of ether oxygens (including phenoxy) is 1. The van der Waals surface area contributed by atoms with Gasteiger partial charge in [-0.1, -0.05) is 30.3 Å². The van der Waals surface area contributed by atoms with Gasteiger partial charge in [-0.25, -0.2) is 4.79 Å². The van der Waals surface area contributed by atoms with Gasteiger partial charge in [0.25, 0.3) is 0 Å². The van der Waals surface area contributed by atoms with E-state index in [1.807, 2.05) is 37.3 Å². The molecule has 1 heterocycles. The Hall–Kier alpha value is -2.57. The first-order chi connectivity index (χ1) is 11.5. The molecule has 1 aromatic rings. The van der Waals surface area contributed by atoms with E-state index in [1.54, 1.807) is 4.90 Å². The fourth-order valence-corrected chi connectivity index (χ4v) is 2.71. The van der Waals surface area contributed by atoms with Crippen molar-refractivity contribution in [3.05, 3.63) is 35.9 Å². The van der Waals surface area contributed by atoms with Crippen LogP contribution in [0, 0.1) is 5.92 Å². The maximum Gasteiger partial charge on any atom is 0.407 e. The third-order valence-electron chi connectivity index (χ3n) is 4.20. The number of hydrogen-bond acceptors (Lipinski definition) is 4. The minimum atomic E-state index is -0.650. The van der Waals surface area contributed by atoms with Crippen molar-refractivity contribution in [2.75, 3.05) is 13.1 Å². The van der Waals surface area contributed by atoms with Crippen LogP contribution in [0.25, 0.3) is 0 Å². The lowest BCUT2D eigenvalue weighted by molar-refractivity contribution is -0.136. The fraction of sp³-hybridized carbons (Fsp3) is 0.471. The Balaban J connectivity index is 1.77. The minimum Gasteiger partial charge on any atom is -0.445 e. The van der Waals surface area contributed by atoms with Crippen molar-refractivity contribution in [3.63, 3.8) is 0 Å². The highest BCUT2D eigenvalue weighted by Gasteiger charge is 2.31. The molecule has 7 nitrogen and oxygen atoms in total. The highest BCUT2D eigenvalue weighted by Crippen LogP contribution is 2.21. The number of rotatable bonds is 5. The molecule has 1 saturated heterocycles. The Morgan fingerprint density at radius 1 is 1.25 bits per heavy atom. The van der Waals surface area contributed by atoms with Gasteiger partial charge in [0.15, 0.2) is 0 Å². The number of alkyl carbamates (subject to hydrolysis) is 1. The summed E-state index contributed by atoms with van der Waals surface area (Å²) < 4.78 is 5.06. The van der Waals surface area contributed by atoms with Gasteiger partial charge in [-0.3, -0.25) is 9.59 Å². The number of carbonyl (C=O) groups excluding carboxylic acids is 3. The third-order valence-corrected chi connectivity index (χ3v) is 4.20. The van der Waals surface area contributed by atoms with Gasteiger partial charge in [-0.2, -0.15) is 0 Å². The Morgan fingerprint density at radius 3 is 2.62 bits per heavy atom. The molecule has 0 saturated carbocycles. The molecule has 0 spiro atoms. The topological polar surface area (TPSA) is 102 Å². The monoisotopic (exact) mass is 333 g/mol. The van der Waals surface area contributed by atoms with Crippen molar-refractivity contribution in [3.8, 4) is 0 Å². The van der Waals surface area contributed by atoms with Gasteiger partial charge in [0.05, 0.1) is 5.92 Å². The standard InChI is InChI=1S/C17H23N3O4/c1-12-7-8-14(16(18)22)10-20(12)15(21)9-19-17(23)24-11-13-5-3-2-4-6-13/h2-6,12,14H,7-11H2,1H3,(H2,18,22)(H,19,23)/t12-,14-/m0/s1.